The van der Waals surface area contributed by atoms with Gasteiger partial charge in [0.05, 0.1) is 26.7 Å². The van der Waals surface area contributed by atoms with Crippen LogP contribution in [0.3, 0.4) is 0 Å². The van der Waals surface area contributed by atoms with E-state index in [0.29, 0.717) is 19.0 Å². The smallest absolute Gasteiger partial charge is 0.0799 e. The number of hydrogen-bond donors (Lipinski definition) is 2. The molecule has 0 saturated carbocycles. The molecule has 1 fully saturated rings. The Kier molecular flexibility index (Phi) is 5.65. The molecule has 1 aliphatic rings. The van der Waals surface area contributed by atoms with Gasteiger partial charge in [-0.05, 0) is 19.3 Å². The molecule has 4 atom stereocenters. The third-order valence-electron chi connectivity index (χ3n) is 3.09. The summed E-state index contributed by atoms with van der Waals surface area (Å²) in [5, 5.41) is 13.1. The highest BCUT2D eigenvalue weighted by atomic mass is 16.5. The maximum absolute atomic E-state index is 9.77. The van der Waals surface area contributed by atoms with Gasteiger partial charge in [0, 0.05) is 12.6 Å². The van der Waals surface area contributed by atoms with Crippen LogP contribution in [0.15, 0.2) is 0 Å². The van der Waals surface area contributed by atoms with Gasteiger partial charge in [0.1, 0.15) is 0 Å². The van der Waals surface area contributed by atoms with Crippen molar-refractivity contribution < 1.29 is 9.84 Å². The van der Waals surface area contributed by atoms with Crippen LogP contribution >= 0.6 is 0 Å². The van der Waals surface area contributed by atoms with E-state index in [1.165, 1.54) is 0 Å². The first-order valence-electron chi connectivity index (χ1n) is 5.86. The van der Waals surface area contributed by atoms with Crippen molar-refractivity contribution in [3.05, 3.63) is 0 Å². The molecular formula is C11H22BNO2. The van der Waals surface area contributed by atoms with Crippen molar-refractivity contribution in [2.24, 2.45) is 5.92 Å². The summed E-state index contributed by atoms with van der Waals surface area (Å²) in [7, 11) is 5.44. The van der Waals surface area contributed by atoms with Gasteiger partial charge in [0.25, 0.3) is 0 Å². The van der Waals surface area contributed by atoms with Crippen LogP contribution in [0.5, 0.6) is 0 Å². The number of rotatable bonds is 6. The average molecular weight is 211 g/mol. The highest BCUT2D eigenvalue weighted by Crippen LogP contribution is 2.14. The van der Waals surface area contributed by atoms with Crippen LogP contribution in [0.2, 0.25) is 6.32 Å². The lowest BCUT2D eigenvalue weighted by molar-refractivity contribution is -0.0225. The van der Waals surface area contributed by atoms with Crippen molar-refractivity contribution in [1.29, 1.82) is 0 Å². The standard InChI is InChI=1S/C11H22BNO2/c1-8(3-4-12)11(14)7-15-10-5-9(2)13-6-10/h8-11,13-14H,3-7H2,1-2H3. The zero-order valence-corrected chi connectivity index (χ0v) is 9.78. The van der Waals surface area contributed by atoms with Crippen LogP contribution in [0.1, 0.15) is 26.7 Å². The van der Waals surface area contributed by atoms with E-state index in [-0.39, 0.29) is 18.1 Å². The van der Waals surface area contributed by atoms with Gasteiger partial charge >= 0.3 is 0 Å². The fraction of sp³-hybridized carbons (Fsp3) is 1.00. The molecule has 4 unspecified atom stereocenters. The lowest BCUT2D eigenvalue weighted by Crippen LogP contribution is -2.28. The maximum atomic E-state index is 9.77. The van der Waals surface area contributed by atoms with E-state index in [9.17, 15) is 5.11 Å². The number of hydrogen-bond acceptors (Lipinski definition) is 3. The van der Waals surface area contributed by atoms with Crippen molar-refractivity contribution in [3.63, 3.8) is 0 Å². The topological polar surface area (TPSA) is 41.5 Å². The summed E-state index contributed by atoms with van der Waals surface area (Å²) in [4.78, 5) is 0. The molecule has 0 aliphatic carbocycles. The summed E-state index contributed by atoms with van der Waals surface area (Å²) < 4.78 is 5.65. The zero-order valence-electron chi connectivity index (χ0n) is 9.78. The Morgan fingerprint density at radius 3 is 2.87 bits per heavy atom. The molecule has 1 rings (SSSR count). The van der Waals surface area contributed by atoms with Crippen molar-refractivity contribution in [1.82, 2.24) is 5.32 Å². The lowest BCUT2D eigenvalue weighted by atomic mass is 9.91. The number of ether oxygens (including phenoxy) is 1. The molecule has 0 amide bonds. The summed E-state index contributed by atoms with van der Waals surface area (Å²) in [6.45, 7) is 5.49. The predicted molar refractivity (Wildman–Crippen MR) is 62.2 cm³/mol. The van der Waals surface area contributed by atoms with Gasteiger partial charge in [-0.3, -0.25) is 0 Å². The third kappa shape index (κ3) is 4.54. The minimum Gasteiger partial charge on any atom is -0.390 e. The average Bonchev–Trinajstić information content (AvgIpc) is 2.61. The molecule has 0 aromatic rings. The van der Waals surface area contributed by atoms with Crippen LogP contribution in [0.25, 0.3) is 0 Å². The molecule has 3 nitrogen and oxygen atoms in total. The molecule has 1 saturated heterocycles. The van der Waals surface area contributed by atoms with Crippen LogP contribution in [-0.4, -0.2) is 44.4 Å². The van der Waals surface area contributed by atoms with Crippen molar-refractivity contribution in [2.75, 3.05) is 13.2 Å². The molecule has 2 N–H and O–H groups in total. The van der Waals surface area contributed by atoms with Crippen molar-refractivity contribution >= 4 is 7.85 Å². The number of nitrogens with one attached hydrogen (secondary N) is 1. The van der Waals surface area contributed by atoms with E-state index < -0.39 is 0 Å². The van der Waals surface area contributed by atoms with E-state index in [2.05, 4.69) is 12.2 Å². The molecular weight excluding hydrogens is 189 g/mol. The molecule has 1 heterocycles. The zero-order chi connectivity index (χ0) is 11.3. The monoisotopic (exact) mass is 211 g/mol. The molecule has 0 spiro atoms. The largest absolute Gasteiger partial charge is 0.390 e. The highest BCUT2D eigenvalue weighted by Gasteiger charge is 2.22. The van der Waals surface area contributed by atoms with Gasteiger partial charge in [-0.2, -0.15) is 0 Å². The van der Waals surface area contributed by atoms with Gasteiger partial charge < -0.3 is 15.2 Å². The Morgan fingerprint density at radius 2 is 2.33 bits per heavy atom. The fourth-order valence-electron chi connectivity index (χ4n) is 1.87. The normalized spacial score (nSPS) is 30.3. The van der Waals surface area contributed by atoms with E-state index in [0.717, 1.165) is 19.4 Å². The Bertz CT molecular complexity index is 180. The molecule has 1 aliphatic heterocycles. The van der Waals surface area contributed by atoms with E-state index in [1.807, 2.05) is 6.92 Å². The van der Waals surface area contributed by atoms with Crippen LogP contribution in [0.4, 0.5) is 0 Å². The second kappa shape index (κ2) is 6.51. The summed E-state index contributed by atoms with van der Waals surface area (Å²) >= 11 is 0. The second-order valence-electron chi connectivity index (χ2n) is 4.62. The summed E-state index contributed by atoms with van der Waals surface area (Å²) in [5.74, 6) is 0.224. The van der Waals surface area contributed by atoms with E-state index in [1.54, 1.807) is 0 Å². The first kappa shape index (κ1) is 13.0. The number of aliphatic hydroxyl groups is 1. The number of aliphatic hydroxyl groups excluding tert-OH is 1. The van der Waals surface area contributed by atoms with Crippen LogP contribution in [-0.2, 0) is 4.74 Å². The SMILES string of the molecule is [B]CCC(C)C(O)COC1CNC(C)C1. The van der Waals surface area contributed by atoms with Gasteiger partial charge in [-0.1, -0.05) is 19.7 Å². The maximum Gasteiger partial charge on any atom is 0.0799 e. The predicted octanol–water partition coefficient (Wildman–Crippen LogP) is 0.727. The van der Waals surface area contributed by atoms with Gasteiger partial charge in [0.15, 0.2) is 0 Å². The summed E-state index contributed by atoms with van der Waals surface area (Å²) in [6.07, 6.45) is 2.39. The molecule has 2 radical (unpaired) electrons. The van der Waals surface area contributed by atoms with E-state index >= 15 is 0 Å². The minimum absolute atomic E-state index is 0.224. The Balaban J connectivity index is 2.13. The lowest BCUT2D eigenvalue weighted by Gasteiger charge is -2.20. The molecule has 0 aromatic carbocycles. The quantitative estimate of drug-likeness (QED) is 0.636. The summed E-state index contributed by atoms with van der Waals surface area (Å²) in [5.41, 5.74) is 0. The van der Waals surface area contributed by atoms with E-state index in [4.69, 9.17) is 12.6 Å². The molecule has 0 aromatic heterocycles. The molecule has 0 bridgehead atoms. The van der Waals surface area contributed by atoms with Crippen LogP contribution < -0.4 is 5.32 Å². The fourth-order valence-corrected chi connectivity index (χ4v) is 1.87. The third-order valence-corrected chi connectivity index (χ3v) is 3.09. The van der Waals surface area contributed by atoms with Gasteiger partial charge in [0.2, 0.25) is 0 Å². The molecule has 15 heavy (non-hydrogen) atoms. The Morgan fingerprint density at radius 1 is 1.60 bits per heavy atom. The van der Waals surface area contributed by atoms with Gasteiger partial charge in [-0.25, -0.2) is 0 Å². The molecule has 4 heteroatoms. The van der Waals surface area contributed by atoms with Crippen molar-refractivity contribution in [3.8, 4) is 0 Å². The Hall–Kier alpha value is -0.0551. The summed E-state index contributed by atoms with van der Waals surface area (Å²) in [6, 6.07) is 0.536. The second-order valence-corrected chi connectivity index (χ2v) is 4.62. The first-order valence-corrected chi connectivity index (χ1v) is 5.86. The first-order chi connectivity index (χ1) is 7.13. The van der Waals surface area contributed by atoms with Gasteiger partial charge in [-0.15, -0.1) is 0 Å². The highest BCUT2D eigenvalue weighted by molar-refractivity contribution is 6.08. The minimum atomic E-state index is -0.385. The Labute approximate surface area is 94.0 Å². The molecule has 86 valence electrons. The van der Waals surface area contributed by atoms with Crippen LogP contribution in [0, 0.1) is 5.92 Å². The van der Waals surface area contributed by atoms with Crippen molar-refractivity contribution in [2.45, 2.75) is 51.3 Å².